The lowest BCUT2D eigenvalue weighted by molar-refractivity contribution is -0.138. The van der Waals surface area contributed by atoms with Crippen LogP contribution in [0.5, 0.6) is 0 Å². The number of rotatable bonds is 12. The molecule has 0 radical (unpaired) electrons. The Morgan fingerprint density at radius 1 is 0.976 bits per heavy atom. The molecule has 0 saturated heterocycles. The summed E-state index contributed by atoms with van der Waals surface area (Å²) >= 11 is 0. The fraction of sp³-hybridized carbons (Fsp3) is 0.393. The van der Waals surface area contributed by atoms with E-state index in [9.17, 15) is 31.1 Å². The number of hydrogen-bond donors (Lipinski definition) is 1. The summed E-state index contributed by atoms with van der Waals surface area (Å²) in [7, 11) is 1.63. The molecule has 1 aromatic heterocycles. The van der Waals surface area contributed by atoms with E-state index in [1.165, 1.54) is 16.8 Å². The van der Waals surface area contributed by atoms with Gasteiger partial charge in [-0.05, 0) is 61.2 Å². The summed E-state index contributed by atoms with van der Waals surface area (Å²) in [5.74, 6) is -0.618. The SMILES string of the molecule is Cl.[C-]#[N+]c1cc(CN(Cc2cc(C(F)(F)F)ccc2N(CC)CCCCC(=O)O)c2ccn(C)n2)cc(C(F)(F)F)c1. The van der Waals surface area contributed by atoms with Gasteiger partial charge in [-0.15, -0.1) is 12.4 Å². The number of hydrogen-bond acceptors (Lipinski definition) is 4. The molecule has 0 aliphatic carbocycles. The van der Waals surface area contributed by atoms with Crippen LogP contribution in [0.15, 0.2) is 48.7 Å². The number of aryl methyl sites for hydroxylation is 1. The topological polar surface area (TPSA) is 66.0 Å². The van der Waals surface area contributed by atoms with Crippen LogP contribution in [0, 0.1) is 6.57 Å². The number of nitrogens with zero attached hydrogens (tertiary/aromatic N) is 5. The van der Waals surface area contributed by atoms with Gasteiger partial charge in [0.25, 0.3) is 0 Å². The zero-order chi connectivity index (χ0) is 30.4. The smallest absolute Gasteiger partial charge is 0.416 e. The third kappa shape index (κ3) is 9.30. The minimum absolute atomic E-state index is 0. The third-order valence-corrected chi connectivity index (χ3v) is 6.39. The lowest BCUT2D eigenvalue weighted by Gasteiger charge is -2.30. The second kappa shape index (κ2) is 14.3. The molecule has 14 heteroatoms. The molecular formula is C28H30ClF6N5O2. The molecule has 1 heterocycles. The van der Waals surface area contributed by atoms with Crippen molar-refractivity contribution in [3.8, 4) is 0 Å². The van der Waals surface area contributed by atoms with Crippen LogP contribution in [0.2, 0.25) is 0 Å². The predicted molar refractivity (Wildman–Crippen MR) is 149 cm³/mol. The zero-order valence-corrected chi connectivity index (χ0v) is 23.7. The molecule has 0 amide bonds. The van der Waals surface area contributed by atoms with Crippen molar-refractivity contribution in [2.24, 2.45) is 7.05 Å². The summed E-state index contributed by atoms with van der Waals surface area (Å²) in [4.78, 5) is 17.4. The van der Waals surface area contributed by atoms with Crippen molar-refractivity contribution in [3.05, 3.63) is 82.3 Å². The van der Waals surface area contributed by atoms with Crippen molar-refractivity contribution in [1.29, 1.82) is 0 Å². The van der Waals surface area contributed by atoms with Crippen LogP contribution >= 0.6 is 12.4 Å². The summed E-state index contributed by atoms with van der Waals surface area (Å²) in [6.45, 7) is 9.58. The first-order chi connectivity index (χ1) is 19.2. The average molecular weight is 618 g/mol. The van der Waals surface area contributed by atoms with Gasteiger partial charge >= 0.3 is 18.3 Å². The van der Waals surface area contributed by atoms with Crippen LogP contribution in [0.25, 0.3) is 4.85 Å². The average Bonchev–Trinajstić information content (AvgIpc) is 3.33. The largest absolute Gasteiger partial charge is 0.481 e. The van der Waals surface area contributed by atoms with Gasteiger partial charge in [0.05, 0.1) is 12.1 Å². The van der Waals surface area contributed by atoms with Crippen LogP contribution < -0.4 is 9.80 Å². The van der Waals surface area contributed by atoms with Gasteiger partial charge in [-0.2, -0.15) is 31.4 Å². The van der Waals surface area contributed by atoms with E-state index >= 15 is 0 Å². The molecule has 42 heavy (non-hydrogen) atoms. The Bertz CT molecular complexity index is 1400. The highest BCUT2D eigenvalue weighted by Crippen LogP contribution is 2.36. The van der Waals surface area contributed by atoms with Crippen molar-refractivity contribution in [2.75, 3.05) is 22.9 Å². The van der Waals surface area contributed by atoms with E-state index in [-0.39, 0.29) is 48.7 Å². The molecule has 1 N–H and O–H groups in total. The van der Waals surface area contributed by atoms with E-state index in [0.717, 1.165) is 24.3 Å². The Balaban J connectivity index is 0.00000616. The molecule has 3 aromatic rings. The summed E-state index contributed by atoms with van der Waals surface area (Å²) in [6.07, 6.45) is -6.87. The Morgan fingerprint density at radius 2 is 1.67 bits per heavy atom. The molecule has 0 spiro atoms. The second-order valence-electron chi connectivity index (χ2n) is 9.47. The first kappa shape index (κ1) is 34.3. The maximum Gasteiger partial charge on any atom is 0.416 e. The maximum atomic E-state index is 13.7. The Kier molecular flexibility index (Phi) is 11.7. The fourth-order valence-electron chi connectivity index (χ4n) is 4.43. The van der Waals surface area contributed by atoms with E-state index in [1.54, 1.807) is 24.2 Å². The van der Waals surface area contributed by atoms with Crippen molar-refractivity contribution in [1.82, 2.24) is 9.78 Å². The van der Waals surface area contributed by atoms with Gasteiger partial charge in [-0.25, -0.2) is 4.85 Å². The molecule has 3 rings (SSSR count). The number of benzene rings is 2. The number of anilines is 2. The molecule has 0 unspecified atom stereocenters. The number of alkyl halides is 6. The van der Waals surface area contributed by atoms with E-state index in [2.05, 4.69) is 9.94 Å². The molecule has 7 nitrogen and oxygen atoms in total. The van der Waals surface area contributed by atoms with Crippen LogP contribution in [0.4, 0.5) is 43.5 Å². The van der Waals surface area contributed by atoms with Gasteiger partial charge < -0.3 is 14.9 Å². The lowest BCUT2D eigenvalue weighted by Crippen LogP contribution is -2.29. The molecule has 0 aliphatic rings. The van der Waals surface area contributed by atoms with Gasteiger partial charge in [-0.1, -0.05) is 6.07 Å². The normalized spacial score (nSPS) is 11.5. The van der Waals surface area contributed by atoms with E-state index in [4.69, 9.17) is 11.7 Å². The van der Waals surface area contributed by atoms with E-state index < -0.39 is 29.4 Å². The Morgan fingerprint density at radius 3 is 2.21 bits per heavy atom. The van der Waals surface area contributed by atoms with Crippen LogP contribution in [0.1, 0.15) is 48.4 Å². The summed E-state index contributed by atoms with van der Waals surface area (Å²) in [5, 5.41) is 13.2. The van der Waals surface area contributed by atoms with Crippen molar-refractivity contribution in [2.45, 2.75) is 51.6 Å². The number of carboxylic acid groups (broad SMARTS) is 1. The minimum atomic E-state index is -4.69. The Hall–Kier alpha value is -3.92. The number of carbonyl (C=O) groups is 1. The summed E-state index contributed by atoms with van der Waals surface area (Å²) < 4.78 is 83.2. The van der Waals surface area contributed by atoms with Gasteiger partial charge in [0, 0.05) is 63.2 Å². The van der Waals surface area contributed by atoms with Crippen LogP contribution in [0.3, 0.4) is 0 Å². The molecular weight excluding hydrogens is 588 g/mol. The number of aliphatic carboxylic acids is 1. The van der Waals surface area contributed by atoms with Gasteiger partial charge in [0.15, 0.2) is 11.5 Å². The second-order valence-corrected chi connectivity index (χ2v) is 9.47. The van der Waals surface area contributed by atoms with Gasteiger partial charge in [0.1, 0.15) is 0 Å². The molecule has 0 saturated carbocycles. The molecule has 0 bridgehead atoms. The molecule has 0 aliphatic heterocycles. The molecule has 228 valence electrons. The Labute approximate surface area is 245 Å². The first-order valence-corrected chi connectivity index (χ1v) is 12.7. The monoisotopic (exact) mass is 617 g/mol. The first-order valence-electron chi connectivity index (χ1n) is 12.7. The van der Waals surface area contributed by atoms with Crippen molar-refractivity contribution < 1.29 is 36.2 Å². The van der Waals surface area contributed by atoms with Crippen LogP contribution in [-0.2, 0) is 37.3 Å². The zero-order valence-electron chi connectivity index (χ0n) is 22.8. The molecule has 0 atom stereocenters. The third-order valence-electron chi connectivity index (χ3n) is 6.39. The quantitative estimate of drug-likeness (QED) is 0.128. The lowest BCUT2D eigenvalue weighted by atomic mass is 10.0. The summed E-state index contributed by atoms with van der Waals surface area (Å²) in [5.41, 5.74) is -1.19. The van der Waals surface area contributed by atoms with Crippen molar-refractivity contribution in [3.63, 3.8) is 0 Å². The van der Waals surface area contributed by atoms with Gasteiger partial charge in [0.2, 0.25) is 0 Å². The van der Waals surface area contributed by atoms with Crippen molar-refractivity contribution >= 4 is 35.6 Å². The number of carboxylic acids is 1. The number of halogens is 7. The number of aromatic nitrogens is 2. The maximum absolute atomic E-state index is 13.7. The van der Waals surface area contributed by atoms with E-state index in [0.29, 0.717) is 37.4 Å². The standard InChI is InChI=1S/C28H29F6N5O2.ClH/c1-4-38(11-6-5-7-26(40)41)24-9-8-21(27(29,30)31)15-20(24)18-39(25-10-12-37(3)36-25)17-19-13-22(28(32,33)34)16-23(14-19)35-2;/h8-10,12-16H,4-7,11,17-18H2,1,3H3,(H,40,41);1H. The minimum Gasteiger partial charge on any atom is -0.481 e. The highest BCUT2D eigenvalue weighted by molar-refractivity contribution is 5.85. The highest BCUT2D eigenvalue weighted by Gasteiger charge is 2.33. The fourth-order valence-corrected chi connectivity index (χ4v) is 4.43. The predicted octanol–water partition coefficient (Wildman–Crippen LogP) is 7.72. The van der Waals surface area contributed by atoms with Gasteiger partial charge in [-0.3, -0.25) is 9.48 Å². The summed E-state index contributed by atoms with van der Waals surface area (Å²) in [6, 6.07) is 7.91. The number of unbranched alkanes of at least 4 members (excludes halogenated alkanes) is 1. The highest BCUT2D eigenvalue weighted by atomic mass is 35.5. The molecule has 2 aromatic carbocycles. The van der Waals surface area contributed by atoms with E-state index in [1.807, 2.05) is 11.8 Å². The molecule has 0 fully saturated rings. The van der Waals surface area contributed by atoms with Crippen LogP contribution in [-0.4, -0.2) is 33.9 Å².